The number of benzene rings is 4. The van der Waals surface area contributed by atoms with E-state index in [0.717, 1.165) is 24.3 Å². The van der Waals surface area contributed by atoms with Crippen LogP contribution >= 0.6 is 0 Å². The summed E-state index contributed by atoms with van der Waals surface area (Å²) in [6.45, 7) is 0. The van der Waals surface area contributed by atoms with Gasteiger partial charge in [0.25, 0.3) is 6.33 Å². The van der Waals surface area contributed by atoms with Crippen molar-refractivity contribution in [1.29, 1.82) is 0 Å². The van der Waals surface area contributed by atoms with Crippen molar-refractivity contribution in [1.82, 2.24) is 4.57 Å². The van der Waals surface area contributed by atoms with E-state index in [1.807, 2.05) is 60.7 Å². The van der Waals surface area contributed by atoms with Crippen LogP contribution in [0.2, 0.25) is 0 Å². The Hall–Kier alpha value is -4.19. The number of hydrogen-bond donors (Lipinski definition) is 0. The first-order valence-corrected chi connectivity index (χ1v) is 10.1. The maximum Gasteiger partial charge on any atom is 0.270 e. The third-order valence-electron chi connectivity index (χ3n) is 5.27. The Kier molecular flexibility index (Phi) is 5.26. The lowest BCUT2D eigenvalue weighted by Gasteiger charge is -2.13. The molecule has 33 heavy (non-hydrogen) atoms. The van der Waals surface area contributed by atoms with Crippen molar-refractivity contribution in [3.63, 3.8) is 0 Å². The Morgan fingerprint density at radius 2 is 1.18 bits per heavy atom. The van der Waals surface area contributed by atoms with E-state index < -0.39 is 23.3 Å². The lowest BCUT2D eigenvalue weighted by Crippen LogP contribution is -2.33. The maximum atomic E-state index is 14.9. The number of halogens is 4. The average Bonchev–Trinajstić information content (AvgIpc) is 3.20. The molecule has 5 aromatic rings. The highest BCUT2D eigenvalue weighted by molar-refractivity contribution is 5.78. The number of rotatable bonds is 4. The topological polar surface area (TPSA) is 8.81 Å². The minimum Gasteiger partial charge on any atom is -0.289 e. The molecule has 0 aliphatic rings. The van der Waals surface area contributed by atoms with Gasteiger partial charge in [0.05, 0.1) is 11.4 Å². The number of imidazole rings is 1. The van der Waals surface area contributed by atoms with Crippen molar-refractivity contribution in [2.75, 3.05) is 0 Å². The standard InChI is InChI=1S/C27H16F4N2/c28-20-11-13-24(22(30)15-20)32-17-33(25-14-12-21(29)16-23(25)31)27(19-9-5-2-6-10-19)26(32)18-7-3-1-4-8-18/h1-16H. The predicted molar refractivity (Wildman–Crippen MR) is 117 cm³/mol. The van der Waals surface area contributed by atoms with E-state index in [0.29, 0.717) is 22.5 Å². The minimum absolute atomic E-state index is 0.0358. The minimum atomic E-state index is -0.801. The third kappa shape index (κ3) is 3.80. The number of nitrogens with zero attached hydrogens (tertiary/aromatic N) is 2. The Morgan fingerprint density at radius 3 is 1.79 bits per heavy atom. The Labute approximate surface area is 187 Å². The Balaban J connectivity index is 1.92. The summed E-state index contributed by atoms with van der Waals surface area (Å²) in [7, 11) is 0. The monoisotopic (exact) mass is 444 g/mol. The third-order valence-corrected chi connectivity index (χ3v) is 5.27. The van der Waals surface area contributed by atoms with E-state index in [-0.39, 0.29) is 11.4 Å². The second kappa shape index (κ2) is 8.39. The van der Waals surface area contributed by atoms with Crippen LogP contribution in [0.4, 0.5) is 17.6 Å². The summed E-state index contributed by atoms with van der Waals surface area (Å²) < 4.78 is 59.9. The normalized spacial score (nSPS) is 11.0. The second-order valence-electron chi connectivity index (χ2n) is 7.39. The van der Waals surface area contributed by atoms with Gasteiger partial charge in [-0.1, -0.05) is 60.7 Å². The van der Waals surface area contributed by atoms with E-state index in [1.54, 1.807) is 0 Å². The molecule has 0 bridgehead atoms. The highest BCUT2D eigenvalue weighted by atomic mass is 19.1. The molecule has 0 N–H and O–H groups in total. The van der Waals surface area contributed by atoms with Gasteiger partial charge < -0.3 is 0 Å². The smallest absolute Gasteiger partial charge is 0.270 e. The molecule has 0 atom stereocenters. The van der Waals surface area contributed by atoms with Crippen LogP contribution in [-0.4, -0.2) is 4.57 Å². The number of hydrogen-bond acceptors (Lipinski definition) is 0. The molecule has 0 aliphatic heterocycles. The molecule has 0 unspecified atom stereocenters. The molecule has 0 radical (unpaired) electrons. The first-order valence-electron chi connectivity index (χ1n) is 10.1. The van der Waals surface area contributed by atoms with Crippen LogP contribution in [0.5, 0.6) is 0 Å². The van der Waals surface area contributed by atoms with E-state index in [1.165, 1.54) is 21.3 Å². The molecule has 6 heteroatoms. The summed E-state index contributed by atoms with van der Waals surface area (Å²) in [6.07, 6.45) is 3.01. The number of aromatic nitrogens is 2. The summed E-state index contributed by atoms with van der Waals surface area (Å²) in [5.74, 6) is -3.04. The highest BCUT2D eigenvalue weighted by Crippen LogP contribution is 2.34. The summed E-state index contributed by atoms with van der Waals surface area (Å²) in [4.78, 5) is 0. The molecule has 0 spiro atoms. The molecule has 2 nitrogen and oxygen atoms in total. The summed E-state index contributed by atoms with van der Waals surface area (Å²) in [5, 5.41) is 0. The quantitative estimate of drug-likeness (QED) is 0.171. The molecular formula is C27H16F4N2. The van der Waals surface area contributed by atoms with Crippen LogP contribution in [0.25, 0.3) is 33.9 Å². The molecule has 0 aliphatic carbocycles. The van der Waals surface area contributed by atoms with Gasteiger partial charge in [0, 0.05) is 12.1 Å². The van der Waals surface area contributed by atoms with Gasteiger partial charge in [-0.15, -0.1) is 0 Å². The Bertz CT molecular complexity index is 1330. The van der Waals surface area contributed by atoms with Crippen LogP contribution in [0.15, 0.2) is 97.1 Å². The van der Waals surface area contributed by atoms with Crippen molar-refractivity contribution in [3.05, 3.63) is 127 Å². The van der Waals surface area contributed by atoms with Gasteiger partial charge in [0.1, 0.15) is 34.6 Å². The first kappa shape index (κ1) is 20.7. The zero-order valence-corrected chi connectivity index (χ0v) is 17.1. The maximum absolute atomic E-state index is 14.9. The van der Waals surface area contributed by atoms with Gasteiger partial charge in [-0.2, -0.15) is 0 Å². The fourth-order valence-corrected chi connectivity index (χ4v) is 3.81. The van der Waals surface area contributed by atoms with Crippen molar-refractivity contribution in [2.45, 2.75) is 0 Å². The lowest BCUT2D eigenvalue weighted by molar-refractivity contribution is -0.589. The van der Waals surface area contributed by atoms with Crippen molar-refractivity contribution in [3.8, 4) is 33.9 Å². The Morgan fingerprint density at radius 1 is 0.606 bits per heavy atom. The molecule has 0 saturated heterocycles. The van der Waals surface area contributed by atoms with Crippen LogP contribution < -0.4 is 4.57 Å². The van der Waals surface area contributed by atoms with E-state index in [4.69, 9.17) is 0 Å². The van der Waals surface area contributed by atoms with Gasteiger partial charge in [-0.3, -0.25) is 9.13 Å². The van der Waals surface area contributed by atoms with Crippen molar-refractivity contribution >= 4 is 0 Å². The largest absolute Gasteiger partial charge is 0.289 e. The molecule has 5 rings (SSSR count). The van der Waals surface area contributed by atoms with Crippen LogP contribution in [0.3, 0.4) is 0 Å². The average molecular weight is 444 g/mol. The molecule has 1 heterocycles. The molecule has 162 valence electrons. The highest BCUT2D eigenvalue weighted by Gasteiger charge is 2.24. The van der Waals surface area contributed by atoms with Crippen LogP contribution in [-0.2, 0) is 0 Å². The van der Waals surface area contributed by atoms with Crippen molar-refractivity contribution in [2.24, 2.45) is 0 Å². The predicted octanol–water partition coefficient (Wildman–Crippen LogP) is 6.44. The van der Waals surface area contributed by atoms with E-state index in [9.17, 15) is 17.6 Å². The second-order valence-corrected chi connectivity index (χ2v) is 7.39. The van der Waals surface area contributed by atoms with Gasteiger partial charge >= 0.3 is 0 Å². The van der Waals surface area contributed by atoms with Gasteiger partial charge in [0.2, 0.25) is 0 Å². The molecule has 4 aromatic carbocycles. The molecule has 0 saturated carbocycles. The van der Waals surface area contributed by atoms with Gasteiger partial charge in [0.15, 0.2) is 0 Å². The van der Waals surface area contributed by atoms with Gasteiger partial charge in [-0.05, 0) is 35.4 Å². The van der Waals surface area contributed by atoms with Gasteiger partial charge in [-0.25, -0.2) is 17.6 Å². The fraction of sp³-hybridized carbons (Fsp3) is 0. The zero-order valence-electron chi connectivity index (χ0n) is 17.1. The van der Waals surface area contributed by atoms with E-state index >= 15 is 0 Å². The molecular weight excluding hydrogens is 428 g/mol. The van der Waals surface area contributed by atoms with E-state index in [2.05, 4.69) is 6.33 Å². The molecule has 1 aromatic heterocycles. The fourth-order valence-electron chi connectivity index (χ4n) is 3.81. The lowest BCUT2D eigenvalue weighted by atomic mass is 10.0. The van der Waals surface area contributed by atoms with Crippen LogP contribution in [0, 0.1) is 29.6 Å². The van der Waals surface area contributed by atoms with Crippen molar-refractivity contribution < 1.29 is 22.1 Å². The zero-order chi connectivity index (χ0) is 22.9. The van der Waals surface area contributed by atoms with Crippen LogP contribution in [0.1, 0.15) is 0 Å². The molecule has 0 amide bonds. The summed E-state index contributed by atoms with van der Waals surface area (Å²) >= 11 is 0. The first-order chi connectivity index (χ1) is 16.0. The SMILES string of the molecule is Fc1ccc(-n2[c-][n+](-c3ccc(F)cc3F)c(-c3ccccc3)c2-c2ccccc2)c(F)c1. The summed E-state index contributed by atoms with van der Waals surface area (Å²) in [6, 6.07) is 24.8. The summed E-state index contributed by atoms with van der Waals surface area (Å²) in [5.41, 5.74) is 2.50. The molecule has 0 fully saturated rings.